The SMILES string of the molecule is CC(C)C(=O)C1CC1O. The summed E-state index contributed by atoms with van der Waals surface area (Å²) in [6.45, 7) is 3.74. The van der Waals surface area contributed by atoms with E-state index in [-0.39, 0.29) is 23.7 Å². The molecule has 9 heavy (non-hydrogen) atoms. The van der Waals surface area contributed by atoms with Crippen LogP contribution < -0.4 is 0 Å². The fourth-order valence-electron chi connectivity index (χ4n) is 0.916. The summed E-state index contributed by atoms with van der Waals surface area (Å²) in [5.41, 5.74) is 0. The monoisotopic (exact) mass is 128 g/mol. The van der Waals surface area contributed by atoms with Crippen LogP contribution in [0.4, 0.5) is 0 Å². The number of hydrogen-bond acceptors (Lipinski definition) is 2. The highest BCUT2D eigenvalue weighted by atomic mass is 16.3. The number of aliphatic hydroxyl groups is 1. The minimum absolute atomic E-state index is 0.0231. The van der Waals surface area contributed by atoms with Crippen molar-refractivity contribution in [1.29, 1.82) is 0 Å². The number of carbonyl (C=O) groups is 1. The van der Waals surface area contributed by atoms with Gasteiger partial charge in [0.05, 0.1) is 6.10 Å². The molecule has 1 aliphatic carbocycles. The lowest BCUT2D eigenvalue weighted by atomic mass is 10.1. The van der Waals surface area contributed by atoms with Crippen LogP contribution in [0.2, 0.25) is 0 Å². The Balaban J connectivity index is 2.36. The van der Waals surface area contributed by atoms with Crippen molar-refractivity contribution < 1.29 is 9.90 Å². The van der Waals surface area contributed by atoms with Crippen molar-refractivity contribution in [3.63, 3.8) is 0 Å². The van der Waals surface area contributed by atoms with Gasteiger partial charge >= 0.3 is 0 Å². The molecule has 52 valence electrons. The average molecular weight is 128 g/mol. The molecule has 0 amide bonds. The van der Waals surface area contributed by atoms with Crippen molar-refractivity contribution >= 4 is 5.78 Å². The van der Waals surface area contributed by atoms with Crippen LogP contribution in [-0.2, 0) is 4.79 Å². The Morgan fingerprint density at radius 3 is 2.22 bits per heavy atom. The topological polar surface area (TPSA) is 37.3 Å². The van der Waals surface area contributed by atoms with Crippen LogP contribution in [0.5, 0.6) is 0 Å². The smallest absolute Gasteiger partial charge is 0.141 e. The quantitative estimate of drug-likeness (QED) is 0.591. The summed E-state index contributed by atoms with van der Waals surface area (Å²) in [6.07, 6.45) is 0.372. The standard InChI is InChI=1S/C7H12O2/c1-4(2)7(9)5-3-6(5)8/h4-6,8H,3H2,1-2H3. The van der Waals surface area contributed by atoms with Gasteiger partial charge in [-0.2, -0.15) is 0 Å². The van der Waals surface area contributed by atoms with Crippen molar-refractivity contribution in [2.75, 3.05) is 0 Å². The molecular formula is C7H12O2. The summed E-state index contributed by atoms with van der Waals surface area (Å²) in [5, 5.41) is 8.82. The highest BCUT2D eigenvalue weighted by Gasteiger charge is 2.41. The molecule has 2 heteroatoms. The van der Waals surface area contributed by atoms with Gasteiger partial charge in [0.2, 0.25) is 0 Å². The molecule has 0 spiro atoms. The fourth-order valence-corrected chi connectivity index (χ4v) is 0.916. The Morgan fingerprint density at radius 2 is 2.11 bits per heavy atom. The third kappa shape index (κ3) is 1.30. The van der Waals surface area contributed by atoms with E-state index >= 15 is 0 Å². The lowest BCUT2D eigenvalue weighted by molar-refractivity contribution is -0.123. The normalized spacial score (nSPS) is 32.9. The summed E-state index contributed by atoms with van der Waals surface area (Å²) in [7, 11) is 0. The molecular weight excluding hydrogens is 116 g/mol. The summed E-state index contributed by atoms with van der Waals surface area (Å²) in [5.74, 6) is 0.277. The molecule has 2 unspecified atom stereocenters. The van der Waals surface area contributed by atoms with E-state index in [0.29, 0.717) is 6.42 Å². The van der Waals surface area contributed by atoms with E-state index in [0.717, 1.165) is 0 Å². The molecule has 2 atom stereocenters. The second-order valence-corrected chi connectivity index (χ2v) is 2.97. The lowest BCUT2D eigenvalue weighted by Gasteiger charge is -1.99. The molecule has 1 fully saturated rings. The molecule has 0 saturated heterocycles. The van der Waals surface area contributed by atoms with Gasteiger partial charge in [-0.15, -0.1) is 0 Å². The second kappa shape index (κ2) is 2.10. The van der Waals surface area contributed by atoms with Crippen LogP contribution in [0.3, 0.4) is 0 Å². The Morgan fingerprint density at radius 1 is 1.67 bits per heavy atom. The van der Waals surface area contributed by atoms with E-state index in [1.807, 2.05) is 13.8 Å². The molecule has 0 heterocycles. The van der Waals surface area contributed by atoms with Gasteiger partial charge < -0.3 is 5.11 Å². The van der Waals surface area contributed by atoms with Crippen LogP contribution in [-0.4, -0.2) is 17.0 Å². The second-order valence-electron chi connectivity index (χ2n) is 2.97. The van der Waals surface area contributed by atoms with Crippen LogP contribution in [0.25, 0.3) is 0 Å². The van der Waals surface area contributed by atoms with E-state index in [1.54, 1.807) is 0 Å². The Labute approximate surface area is 54.9 Å². The third-order valence-electron chi connectivity index (χ3n) is 1.69. The van der Waals surface area contributed by atoms with E-state index in [1.165, 1.54) is 0 Å². The Hall–Kier alpha value is -0.370. The van der Waals surface area contributed by atoms with Crippen molar-refractivity contribution in [1.82, 2.24) is 0 Å². The van der Waals surface area contributed by atoms with Gasteiger partial charge in [0, 0.05) is 11.8 Å². The summed E-state index contributed by atoms with van der Waals surface area (Å²) in [4.78, 5) is 11.0. The maximum Gasteiger partial charge on any atom is 0.141 e. The van der Waals surface area contributed by atoms with Crippen molar-refractivity contribution in [2.24, 2.45) is 11.8 Å². The van der Waals surface area contributed by atoms with Gasteiger partial charge in [-0.3, -0.25) is 4.79 Å². The maximum atomic E-state index is 11.0. The molecule has 0 aromatic carbocycles. The molecule has 0 aromatic rings. The predicted molar refractivity (Wildman–Crippen MR) is 34.0 cm³/mol. The highest BCUT2D eigenvalue weighted by molar-refractivity contribution is 5.85. The number of aliphatic hydroxyl groups excluding tert-OH is 1. The first-order chi connectivity index (χ1) is 4.13. The number of rotatable bonds is 2. The van der Waals surface area contributed by atoms with Gasteiger partial charge in [0.15, 0.2) is 0 Å². The predicted octanol–water partition coefficient (Wildman–Crippen LogP) is 0.592. The van der Waals surface area contributed by atoms with Gasteiger partial charge in [0.25, 0.3) is 0 Å². The van der Waals surface area contributed by atoms with Crippen LogP contribution in [0.1, 0.15) is 20.3 Å². The number of hydrogen-bond donors (Lipinski definition) is 1. The zero-order valence-corrected chi connectivity index (χ0v) is 5.79. The number of ketones is 1. The van der Waals surface area contributed by atoms with Crippen LogP contribution in [0.15, 0.2) is 0 Å². The van der Waals surface area contributed by atoms with Crippen molar-refractivity contribution in [2.45, 2.75) is 26.4 Å². The summed E-state index contributed by atoms with van der Waals surface area (Å²) >= 11 is 0. The molecule has 2 nitrogen and oxygen atoms in total. The minimum atomic E-state index is -0.320. The largest absolute Gasteiger partial charge is 0.392 e. The maximum absolute atomic E-state index is 11.0. The zero-order valence-electron chi connectivity index (χ0n) is 5.79. The van der Waals surface area contributed by atoms with Gasteiger partial charge in [-0.1, -0.05) is 13.8 Å². The third-order valence-corrected chi connectivity index (χ3v) is 1.69. The average Bonchev–Trinajstić information content (AvgIpc) is 2.44. The first-order valence-electron chi connectivity index (χ1n) is 3.34. The van der Waals surface area contributed by atoms with Gasteiger partial charge in [-0.05, 0) is 6.42 Å². The number of Topliss-reactive ketones (excluding diaryl/α,β-unsaturated/α-hetero) is 1. The molecule has 0 aromatic heterocycles. The van der Waals surface area contributed by atoms with E-state index in [2.05, 4.69) is 0 Å². The summed E-state index contributed by atoms with van der Waals surface area (Å²) in [6, 6.07) is 0. The zero-order chi connectivity index (χ0) is 7.02. The molecule has 0 aliphatic heterocycles. The van der Waals surface area contributed by atoms with Crippen molar-refractivity contribution in [3.05, 3.63) is 0 Å². The first kappa shape index (κ1) is 6.75. The van der Waals surface area contributed by atoms with Crippen molar-refractivity contribution in [3.8, 4) is 0 Å². The van der Waals surface area contributed by atoms with Gasteiger partial charge in [0.1, 0.15) is 5.78 Å². The van der Waals surface area contributed by atoms with E-state index < -0.39 is 0 Å². The van der Waals surface area contributed by atoms with E-state index in [9.17, 15) is 4.79 Å². The van der Waals surface area contributed by atoms with Crippen LogP contribution >= 0.6 is 0 Å². The summed E-state index contributed by atoms with van der Waals surface area (Å²) < 4.78 is 0. The van der Waals surface area contributed by atoms with Gasteiger partial charge in [-0.25, -0.2) is 0 Å². The van der Waals surface area contributed by atoms with E-state index in [4.69, 9.17) is 5.11 Å². The minimum Gasteiger partial charge on any atom is -0.392 e. The lowest BCUT2D eigenvalue weighted by Crippen LogP contribution is -2.11. The fraction of sp³-hybridized carbons (Fsp3) is 0.857. The Kier molecular flexibility index (Phi) is 1.58. The number of carbonyl (C=O) groups excluding carboxylic acids is 1. The molecule has 0 radical (unpaired) electrons. The molecule has 1 saturated carbocycles. The molecule has 0 bridgehead atoms. The van der Waals surface area contributed by atoms with Crippen LogP contribution in [0, 0.1) is 11.8 Å². The molecule has 1 aliphatic rings. The molecule has 1 N–H and O–H groups in total. The molecule has 1 rings (SSSR count). The Bertz CT molecular complexity index is 129. The highest BCUT2D eigenvalue weighted by Crippen LogP contribution is 2.32. The first-order valence-corrected chi connectivity index (χ1v) is 3.34.